The maximum absolute atomic E-state index is 5.40. The molecule has 0 saturated heterocycles. The van der Waals surface area contributed by atoms with Gasteiger partial charge in [0.1, 0.15) is 5.75 Å². The van der Waals surface area contributed by atoms with E-state index in [0.29, 0.717) is 5.41 Å². The molecule has 0 aliphatic heterocycles. The lowest BCUT2D eigenvalue weighted by Gasteiger charge is -2.49. The number of ether oxygens (including phenoxy) is 1. The van der Waals surface area contributed by atoms with Gasteiger partial charge in [-0.2, -0.15) is 0 Å². The zero-order chi connectivity index (χ0) is 14.4. The van der Waals surface area contributed by atoms with Crippen molar-refractivity contribution in [2.75, 3.05) is 20.2 Å². The molecule has 1 aliphatic carbocycles. The zero-order valence-corrected chi connectivity index (χ0v) is 13.2. The number of rotatable bonds is 8. The summed E-state index contributed by atoms with van der Waals surface area (Å²) in [5.41, 5.74) is 1.79. The molecular weight excluding hydrogens is 246 g/mol. The third-order valence-corrected chi connectivity index (χ3v) is 4.63. The second kappa shape index (κ2) is 7.12. The Labute approximate surface area is 123 Å². The molecule has 2 heteroatoms. The van der Waals surface area contributed by atoms with E-state index < -0.39 is 0 Å². The fraction of sp³-hybridized carbons (Fsp3) is 0.667. The Kier molecular flexibility index (Phi) is 5.47. The summed E-state index contributed by atoms with van der Waals surface area (Å²) in [5, 5.41) is 3.64. The van der Waals surface area contributed by atoms with Crippen LogP contribution in [0.2, 0.25) is 0 Å². The average Bonchev–Trinajstić information content (AvgIpc) is 2.44. The SMILES string of the molecule is CCCNCC1(c2cccc(OC)c2)CC(CCC)C1. The summed E-state index contributed by atoms with van der Waals surface area (Å²) in [6, 6.07) is 8.68. The molecule has 1 aliphatic rings. The van der Waals surface area contributed by atoms with Crippen molar-refractivity contribution in [1.82, 2.24) is 5.32 Å². The van der Waals surface area contributed by atoms with Gasteiger partial charge in [0.15, 0.2) is 0 Å². The van der Waals surface area contributed by atoms with Crippen LogP contribution in [0.3, 0.4) is 0 Å². The molecule has 0 radical (unpaired) electrons. The van der Waals surface area contributed by atoms with E-state index in [1.54, 1.807) is 7.11 Å². The highest BCUT2D eigenvalue weighted by atomic mass is 16.5. The van der Waals surface area contributed by atoms with Crippen molar-refractivity contribution in [3.05, 3.63) is 29.8 Å². The van der Waals surface area contributed by atoms with Crippen LogP contribution in [0, 0.1) is 5.92 Å². The molecule has 1 aromatic rings. The van der Waals surface area contributed by atoms with Gasteiger partial charge >= 0.3 is 0 Å². The first kappa shape index (κ1) is 15.4. The number of hydrogen-bond acceptors (Lipinski definition) is 2. The van der Waals surface area contributed by atoms with Gasteiger partial charge in [-0.3, -0.25) is 0 Å². The highest BCUT2D eigenvalue weighted by molar-refractivity contribution is 5.36. The molecule has 0 unspecified atom stereocenters. The van der Waals surface area contributed by atoms with Crippen LogP contribution >= 0.6 is 0 Å². The van der Waals surface area contributed by atoms with Crippen molar-refractivity contribution in [1.29, 1.82) is 0 Å². The van der Waals surface area contributed by atoms with Crippen molar-refractivity contribution in [3.63, 3.8) is 0 Å². The fourth-order valence-corrected chi connectivity index (χ4v) is 3.60. The van der Waals surface area contributed by atoms with Crippen LogP contribution in [-0.4, -0.2) is 20.2 Å². The van der Waals surface area contributed by atoms with E-state index in [2.05, 4.69) is 37.4 Å². The Balaban J connectivity index is 2.10. The zero-order valence-electron chi connectivity index (χ0n) is 13.2. The minimum Gasteiger partial charge on any atom is -0.497 e. The van der Waals surface area contributed by atoms with Crippen LogP contribution in [0.15, 0.2) is 24.3 Å². The standard InChI is InChI=1S/C18H29NO/c1-4-7-15-12-18(13-15,14-19-10-5-2)16-8-6-9-17(11-16)20-3/h6,8-9,11,15,19H,4-5,7,10,12-14H2,1-3H3. The Bertz CT molecular complexity index is 404. The molecule has 1 fully saturated rings. The predicted octanol–water partition coefficient (Wildman–Crippen LogP) is 4.14. The summed E-state index contributed by atoms with van der Waals surface area (Å²) in [6.45, 7) is 6.74. The van der Waals surface area contributed by atoms with Gasteiger partial charge in [-0.25, -0.2) is 0 Å². The first-order chi connectivity index (χ1) is 9.74. The van der Waals surface area contributed by atoms with Gasteiger partial charge in [-0.15, -0.1) is 0 Å². The summed E-state index contributed by atoms with van der Waals surface area (Å²) in [5.74, 6) is 1.89. The molecule has 0 heterocycles. The molecule has 112 valence electrons. The lowest BCUT2D eigenvalue weighted by atomic mass is 9.57. The summed E-state index contributed by atoms with van der Waals surface area (Å²) in [6.07, 6.45) is 6.53. The van der Waals surface area contributed by atoms with Gasteiger partial charge in [0.05, 0.1) is 7.11 Å². The molecule has 1 saturated carbocycles. The maximum Gasteiger partial charge on any atom is 0.119 e. The molecule has 0 atom stereocenters. The summed E-state index contributed by atoms with van der Waals surface area (Å²) >= 11 is 0. The topological polar surface area (TPSA) is 21.3 Å². The number of hydrogen-bond donors (Lipinski definition) is 1. The number of methoxy groups -OCH3 is 1. The second-order valence-electron chi connectivity index (χ2n) is 6.25. The Morgan fingerprint density at radius 3 is 2.70 bits per heavy atom. The van der Waals surface area contributed by atoms with E-state index in [1.165, 1.54) is 37.7 Å². The van der Waals surface area contributed by atoms with Crippen LogP contribution in [0.25, 0.3) is 0 Å². The summed E-state index contributed by atoms with van der Waals surface area (Å²) in [4.78, 5) is 0. The van der Waals surface area contributed by atoms with Gasteiger partial charge in [0, 0.05) is 12.0 Å². The Morgan fingerprint density at radius 2 is 2.05 bits per heavy atom. The molecule has 0 spiro atoms. The highest BCUT2D eigenvalue weighted by Gasteiger charge is 2.44. The van der Waals surface area contributed by atoms with Crippen molar-refractivity contribution >= 4 is 0 Å². The fourth-order valence-electron chi connectivity index (χ4n) is 3.60. The van der Waals surface area contributed by atoms with Crippen LogP contribution < -0.4 is 10.1 Å². The molecule has 0 amide bonds. The second-order valence-corrected chi connectivity index (χ2v) is 6.25. The van der Waals surface area contributed by atoms with Crippen molar-refractivity contribution in [3.8, 4) is 5.75 Å². The minimum atomic E-state index is 0.337. The van der Waals surface area contributed by atoms with Crippen LogP contribution in [0.1, 0.15) is 51.5 Å². The first-order valence-electron chi connectivity index (χ1n) is 8.09. The summed E-state index contributed by atoms with van der Waals surface area (Å²) in [7, 11) is 1.75. The Hall–Kier alpha value is -1.02. The normalized spacial score (nSPS) is 25.2. The van der Waals surface area contributed by atoms with E-state index in [4.69, 9.17) is 4.74 Å². The third kappa shape index (κ3) is 3.35. The maximum atomic E-state index is 5.40. The largest absolute Gasteiger partial charge is 0.497 e. The van der Waals surface area contributed by atoms with Gasteiger partial charge in [0.2, 0.25) is 0 Å². The molecule has 0 bridgehead atoms. The highest BCUT2D eigenvalue weighted by Crippen LogP contribution is 2.49. The minimum absolute atomic E-state index is 0.337. The third-order valence-electron chi connectivity index (χ3n) is 4.63. The van der Waals surface area contributed by atoms with Crippen molar-refractivity contribution in [2.45, 2.75) is 51.4 Å². The van der Waals surface area contributed by atoms with E-state index >= 15 is 0 Å². The molecule has 20 heavy (non-hydrogen) atoms. The Morgan fingerprint density at radius 1 is 1.25 bits per heavy atom. The lowest BCUT2D eigenvalue weighted by Crippen LogP contribution is -2.48. The monoisotopic (exact) mass is 275 g/mol. The number of nitrogens with one attached hydrogen (secondary N) is 1. The number of benzene rings is 1. The van der Waals surface area contributed by atoms with E-state index in [0.717, 1.165) is 24.8 Å². The van der Waals surface area contributed by atoms with Crippen molar-refractivity contribution < 1.29 is 4.74 Å². The molecule has 1 aromatic carbocycles. The van der Waals surface area contributed by atoms with E-state index in [1.807, 2.05) is 6.07 Å². The first-order valence-corrected chi connectivity index (χ1v) is 8.09. The lowest BCUT2D eigenvalue weighted by molar-refractivity contribution is 0.128. The quantitative estimate of drug-likeness (QED) is 0.720. The smallest absolute Gasteiger partial charge is 0.119 e. The van der Waals surface area contributed by atoms with Gasteiger partial charge in [-0.1, -0.05) is 38.8 Å². The molecular formula is C18H29NO. The molecule has 0 aromatic heterocycles. The summed E-state index contributed by atoms with van der Waals surface area (Å²) < 4.78 is 5.40. The van der Waals surface area contributed by atoms with E-state index in [-0.39, 0.29) is 0 Å². The molecule has 2 rings (SSSR count). The van der Waals surface area contributed by atoms with Gasteiger partial charge in [-0.05, 0) is 49.4 Å². The molecule has 2 nitrogen and oxygen atoms in total. The van der Waals surface area contributed by atoms with Gasteiger partial charge in [0.25, 0.3) is 0 Å². The van der Waals surface area contributed by atoms with E-state index in [9.17, 15) is 0 Å². The van der Waals surface area contributed by atoms with Crippen LogP contribution in [0.5, 0.6) is 5.75 Å². The predicted molar refractivity (Wildman–Crippen MR) is 85.5 cm³/mol. The average molecular weight is 275 g/mol. The molecule has 1 N–H and O–H groups in total. The van der Waals surface area contributed by atoms with Crippen molar-refractivity contribution in [2.24, 2.45) is 5.92 Å². The van der Waals surface area contributed by atoms with Crippen LogP contribution in [-0.2, 0) is 5.41 Å². The van der Waals surface area contributed by atoms with Crippen LogP contribution in [0.4, 0.5) is 0 Å². The van der Waals surface area contributed by atoms with Gasteiger partial charge < -0.3 is 10.1 Å².